The molecule has 1 fully saturated rings. The van der Waals surface area contributed by atoms with Crippen molar-refractivity contribution in [3.05, 3.63) is 35.0 Å². The maximum Gasteiger partial charge on any atom is 0.0705 e. The summed E-state index contributed by atoms with van der Waals surface area (Å²) in [7, 11) is 0. The van der Waals surface area contributed by atoms with Gasteiger partial charge in [0.15, 0.2) is 0 Å². The summed E-state index contributed by atoms with van der Waals surface area (Å²) < 4.78 is 0. The van der Waals surface area contributed by atoms with Crippen LogP contribution < -0.4 is 5.32 Å². The van der Waals surface area contributed by atoms with E-state index in [1.165, 1.54) is 25.0 Å². The van der Waals surface area contributed by atoms with Gasteiger partial charge in [-0.1, -0.05) is 36.2 Å². The van der Waals surface area contributed by atoms with Gasteiger partial charge in [-0.15, -0.1) is 0 Å². The van der Waals surface area contributed by atoms with Crippen LogP contribution in [-0.4, -0.2) is 22.5 Å². The Morgan fingerprint density at radius 2 is 2.21 bits per heavy atom. The molecular weight excluding hydrogens is 276 g/mol. The van der Waals surface area contributed by atoms with E-state index in [2.05, 4.69) is 34.2 Å². The van der Waals surface area contributed by atoms with Crippen LogP contribution >= 0.6 is 23.4 Å². The van der Waals surface area contributed by atoms with Crippen LogP contribution in [0.15, 0.2) is 24.3 Å². The Morgan fingerprint density at radius 1 is 1.32 bits per heavy atom. The number of aromatic nitrogens is 1. The van der Waals surface area contributed by atoms with Crippen LogP contribution in [-0.2, 0) is 6.54 Å². The minimum absolute atomic E-state index is 0.775. The fourth-order valence-electron chi connectivity index (χ4n) is 2.61. The molecule has 2 heterocycles. The Labute approximate surface area is 123 Å². The van der Waals surface area contributed by atoms with Crippen molar-refractivity contribution >= 4 is 34.3 Å². The lowest BCUT2D eigenvalue weighted by molar-refractivity contribution is 0.595. The molecule has 4 heteroatoms. The van der Waals surface area contributed by atoms with Gasteiger partial charge in [0.2, 0.25) is 0 Å². The second-order valence-corrected chi connectivity index (χ2v) is 6.87. The highest BCUT2D eigenvalue weighted by Gasteiger charge is 2.14. The van der Waals surface area contributed by atoms with Gasteiger partial charge in [0, 0.05) is 34.9 Å². The molecule has 2 N–H and O–H groups in total. The number of hydrogen-bond donors (Lipinski definition) is 2. The van der Waals surface area contributed by atoms with Gasteiger partial charge in [-0.3, -0.25) is 0 Å². The first-order chi connectivity index (χ1) is 9.34. The van der Waals surface area contributed by atoms with Crippen molar-refractivity contribution in [1.82, 2.24) is 10.3 Å². The van der Waals surface area contributed by atoms with Gasteiger partial charge < -0.3 is 10.3 Å². The third-order valence-corrected chi connectivity index (χ3v) is 5.49. The number of hydrogen-bond acceptors (Lipinski definition) is 2. The van der Waals surface area contributed by atoms with Crippen LogP contribution in [0.3, 0.4) is 0 Å². The highest BCUT2D eigenvalue weighted by Crippen LogP contribution is 2.27. The van der Waals surface area contributed by atoms with E-state index in [0.717, 1.165) is 40.0 Å². The second kappa shape index (κ2) is 6.21. The maximum absolute atomic E-state index is 6.40. The van der Waals surface area contributed by atoms with Gasteiger partial charge in [0.25, 0.3) is 0 Å². The summed E-state index contributed by atoms with van der Waals surface area (Å²) in [6.45, 7) is 1.90. The Morgan fingerprint density at radius 3 is 3.00 bits per heavy atom. The number of H-pyrrole nitrogens is 1. The molecule has 1 aromatic carbocycles. The van der Waals surface area contributed by atoms with Crippen molar-refractivity contribution in [1.29, 1.82) is 0 Å². The summed E-state index contributed by atoms with van der Waals surface area (Å²) in [5, 5.41) is 6.29. The van der Waals surface area contributed by atoms with E-state index in [4.69, 9.17) is 11.6 Å². The number of nitrogens with one attached hydrogen (secondary N) is 2. The van der Waals surface area contributed by atoms with Crippen molar-refractivity contribution in [3.63, 3.8) is 0 Å². The average molecular weight is 295 g/mol. The van der Waals surface area contributed by atoms with Crippen molar-refractivity contribution in [3.8, 4) is 0 Å². The number of aromatic amines is 1. The monoisotopic (exact) mass is 294 g/mol. The summed E-state index contributed by atoms with van der Waals surface area (Å²) in [4.78, 5) is 3.40. The second-order valence-electron chi connectivity index (χ2n) is 5.08. The number of benzene rings is 1. The molecule has 102 valence electrons. The van der Waals surface area contributed by atoms with E-state index in [9.17, 15) is 0 Å². The van der Waals surface area contributed by atoms with Crippen molar-refractivity contribution in [2.45, 2.75) is 31.1 Å². The predicted molar refractivity (Wildman–Crippen MR) is 85.1 cm³/mol. The van der Waals surface area contributed by atoms with E-state index in [-0.39, 0.29) is 0 Å². The lowest BCUT2D eigenvalue weighted by Crippen LogP contribution is -2.26. The van der Waals surface area contributed by atoms with Gasteiger partial charge in [-0.25, -0.2) is 0 Å². The molecule has 0 radical (unpaired) electrons. The Bertz CT molecular complexity index is 546. The molecule has 19 heavy (non-hydrogen) atoms. The topological polar surface area (TPSA) is 27.8 Å². The minimum atomic E-state index is 0.775. The quantitative estimate of drug-likeness (QED) is 0.884. The predicted octanol–water partition coefficient (Wildman–Crippen LogP) is 4.20. The third kappa shape index (κ3) is 3.10. The molecule has 2 nitrogen and oxygen atoms in total. The third-order valence-electron chi connectivity index (χ3n) is 3.66. The van der Waals surface area contributed by atoms with Gasteiger partial charge >= 0.3 is 0 Å². The Hall–Kier alpha value is -0.640. The van der Waals surface area contributed by atoms with E-state index < -0.39 is 0 Å². The van der Waals surface area contributed by atoms with E-state index >= 15 is 0 Å². The molecule has 1 saturated heterocycles. The number of fused-ring (bicyclic) bond motifs is 1. The van der Waals surface area contributed by atoms with Gasteiger partial charge in [0.05, 0.1) is 5.02 Å². The normalized spacial score (nSPS) is 19.9. The van der Waals surface area contributed by atoms with Crippen LogP contribution in [0.2, 0.25) is 5.02 Å². The number of halogens is 1. The molecule has 3 rings (SSSR count). The Balaban J connectivity index is 1.60. The molecule has 0 bridgehead atoms. The van der Waals surface area contributed by atoms with Crippen LogP contribution in [0, 0.1) is 0 Å². The zero-order valence-corrected chi connectivity index (χ0v) is 12.5. The lowest BCUT2D eigenvalue weighted by atomic mass is 10.2. The minimum Gasteiger partial charge on any atom is -0.356 e. The number of para-hydroxylation sites is 1. The molecular formula is C15H19ClN2S. The number of rotatable bonds is 4. The summed E-state index contributed by atoms with van der Waals surface area (Å²) >= 11 is 8.50. The standard InChI is InChI=1S/C15H19ClN2S/c16-15-12-6-1-2-7-13(12)18-14(15)10-17-9-11-5-3-4-8-19-11/h1-2,6-7,11,17-18H,3-5,8-10H2. The summed E-state index contributed by atoms with van der Waals surface area (Å²) in [5.74, 6) is 1.32. The fraction of sp³-hybridized carbons (Fsp3) is 0.467. The first kappa shape index (κ1) is 13.3. The van der Waals surface area contributed by atoms with Crippen molar-refractivity contribution in [2.75, 3.05) is 12.3 Å². The molecule has 0 saturated carbocycles. The number of thioether (sulfide) groups is 1. The fourth-order valence-corrected chi connectivity index (χ4v) is 4.16. The molecule has 1 aromatic heterocycles. The van der Waals surface area contributed by atoms with E-state index in [1.807, 2.05) is 12.1 Å². The summed E-state index contributed by atoms with van der Waals surface area (Å²) in [5.41, 5.74) is 2.22. The van der Waals surface area contributed by atoms with Crippen LogP contribution in [0.5, 0.6) is 0 Å². The molecule has 0 amide bonds. The highest BCUT2D eigenvalue weighted by atomic mass is 35.5. The van der Waals surface area contributed by atoms with E-state index in [1.54, 1.807) is 0 Å². The molecule has 1 atom stereocenters. The molecule has 1 unspecified atom stereocenters. The van der Waals surface area contributed by atoms with Gasteiger partial charge in [-0.2, -0.15) is 11.8 Å². The molecule has 0 spiro atoms. The van der Waals surface area contributed by atoms with Crippen LogP contribution in [0.4, 0.5) is 0 Å². The first-order valence-electron chi connectivity index (χ1n) is 6.92. The van der Waals surface area contributed by atoms with Crippen LogP contribution in [0.25, 0.3) is 10.9 Å². The van der Waals surface area contributed by atoms with Gasteiger partial charge in [-0.05, 0) is 24.7 Å². The smallest absolute Gasteiger partial charge is 0.0705 e. The SMILES string of the molecule is Clc1c(CNCC2CCCCS2)[nH]c2ccccc12. The van der Waals surface area contributed by atoms with Crippen LogP contribution in [0.1, 0.15) is 25.0 Å². The molecule has 0 aliphatic carbocycles. The van der Waals surface area contributed by atoms with Gasteiger partial charge in [0.1, 0.15) is 0 Å². The molecule has 1 aliphatic rings. The van der Waals surface area contributed by atoms with Crippen molar-refractivity contribution in [2.24, 2.45) is 0 Å². The first-order valence-corrected chi connectivity index (χ1v) is 8.34. The zero-order valence-electron chi connectivity index (χ0n) is 10.9. The molecule has 1 aliphatic heterocycles. The summed E-state index contributed by atoms with van der Waals surface area (Å²) in [6.07, 6.45) is 4.11. The maximum atomic E-state index is 6.40. The van der Waals surface area contributed by atoms with E-state index in [0.29, 0.717) is 0 Å². The average Bonchev–Trinajstić information content (AvgIpc) is 2.78. The zero-order chi connectivity index (χ0) is 13.1. The lowest BCUT2D eigenvalue weighted by Gasteiger charge is -2.21. The summed E-state index contributed by atoms with van der Waals surface area (Å²) in [6, 6.07) is 8.19. The largest absolute Gasteiger partial charge is 0.356 e. The Kier molecular flexibility index (Phi) is 4.36. The molecule has 2 aromatic rings. The van der Waals surface area contributed by atoms with Crippen molar-refractivity contribution < 1.29 is 0 Å². The highest BCUT2D eigenvalue weighted by molar-refractivity contribution is 7.99.